The number of methoxy groups -OCH3 is 1. The highest BCUT2D eigenvalue weighted by Crippen LogP contribution is 2.30. The van der Waals surface area contributed by atoms with E-state index in [9.17, 15) is 9.59 Å². The Morgan fingerprint density at radius 1 is 1.10 bits per heavy atom. The fraction of sp³-hybridized carbons (Fsp3) is 0.364. The number of amides is 2. The monoisotopic (exact) mass is 397 g/mol. The minimum atomic E-state index is -0.233. The topological polar surface area (TPSA) is 71.1 Å². The molecule has 0 saturated carbocycles. The number of hydrogen-bond donors (Lipinski definition) is 1. The zero-order valence-electron chi connectivity index (χ0n) is 16.9. The Labute approximate surface area is 171 Å². The molecule has 0 atom stereocenters. The van der Waals surface area contributed by atoms with Crippen LogP contribution in [0.5, 0.6) is 5.75 Å². The highest BCUT2D eigenvalue weighted by molar-refractivity contribution is 6.00. The van der Waals surface area contributed by atoms with Crippen LogP contribution >= 0.6 is 0 Å². The Morgan fingerprint density at radius 2 is 1.79 bits per heavy atom. The van der Waals surface area contributed by atoms with Crippen molar-refractivity contribution < 1.29 is 19.1 Å². The number of ether oxygens (including phenoxy) is 2. The van der Waals surface area contributed by atoms with Gasteiger partial charge in [0, 0.05) is 32.1 Å². The molecule has 7 nitrogen and oxygen atoms in total. The Kier molecular flexibility index (Phi) is 7.08. The van der Waals surface area contributed by atoms with E-state index in [1.165, 1.54) is 11.8 Å². The molecule has 154 valence electrons. The summed E-state index contributed by atoms with van der Waals surface area (Å²) in [5, 5.41) is 2.88. The van der Waals surface area contributed by atoms with Crippen LogP contribution in [-0.4, -0.2) is 51.8 Å². The van der Waals surface area contributed by atoms with Crippen molar-refractivity contribution in [2.24, 2.45) is 0 Å². The molecule has 0 aromatic heterocycles. The fourth-order valence-electron chi connectivity index (χ4n) is 3.37. The summed E-state index contributed by atoms with van der Waals surface area (Å²) < 4.78 is 10.7. The summed E-state index contributed by atoms with van der Waals surface area (Å²) in [4.78, 5) is 28.7. The zero-order chi connectivity index (χ0) is 20.6. The predicted molar refractivity (Wildman–Crippen MR) is 112 cm³/mol. The summed E-state index contributed by atoms with van der Waals surface area (Å²) in [5.41, 5.74) is 2.55. The van der Waals surface area contributed by atoms with Crippen LogP contribution in [0, 0.1) is 0 Å². The molecule has 1 aliphatic heterocycles. The Bertz CT molecular complexity index is 849. The average molecular weight is 397 g/mol. The van der Waals surface area contributed by atoms with E-state index < -0.39 is 0 Å². The molecule has 1 heterocycles. The molecule has 2 aromatic rings. The van der Waals surface area contributed by atoms with Crippen molar-refractivity contribution in [1.29, 1.82) is 0 Å². The maximum atomic E-state index is 12.6. The van der Waals surface area contributed by atoms with Gasteiger partial charge in [-0.25, -0.2) is 0 Å². The van der Waals surface area contributed by atoms with Crippen LogP contribution in [0.1, 0.15) is 12.5 Å². The van der Waals surface area contributed by atoms with E-state index in [-0.39, 0.29) is 18.4 Å². The molecular weight excluding hydrogens is 370 g/mol. The highest BCUT2D eigenvalue weighted by Gasteiger charge is 2.22. The second-order valence-corrected chi connectivity index (χ2v) is 6.78. The number of carbonyl (C=O) groups is 2. The lowest BCUT2D eigenvalue weighted by molar-refractivity contribution is -0.123. The van der Waals surface area contributed by atoms with Crippen LogP contribution in [0.2, 0.25) is 0 Å². The van der Waals surface area contributed by atoms with Gasteiger partial charge < -0.3 is 24.6 Å². The van der Waals surface area contributed by atoms with Crippen molar-refractivity contribution in [1.82, 2.24) is 5.32 Å². The molecule has 7 heteroatoms. The smallest absolute Gasteiger partial charge is 0.240 e. The molecule has 2 aromatic carbocycles. The van der Waals surface area contributed by atoms with Gasteiger partial charge in [-0.1, -0.05) is 30.3 Å². The first kappa shape index (κ1) is 20.7. The Morgan fingerprint density at radius 3 is 2.52 bits per heavy atom. The number of hydrogen-bond acceptors (Lipinski definition) is 5. The van der Waals surface area contributed by atoms with E-state index >= 15 is 0 Å². The summed E-state index contributed by atoms with van der Waals surface area (Å²) in [6, 6.07) is 15.2. The van der Waals surface area contributed by atoms with Gasteiger partial charge in [-0.2, -0.15) is 0 Å². The lowest BCUT2D eigenvalue weighted by atomic mass is 10.2. The molecule has 0 bridgehead atoms. The van der Waals surface area contributed by atoms with Crippen LogP contribution in [0.15, 0.2) is 48.5 Å². The molecule has 1 aliphatic rings. The SMILES string of the molecule is COc1ccccc1CNC(=O)CN(C(C)=O)c1ccccc1N1CCOCC1. The number of nitrogens with zero attached hydrogens (tertiary/aromatic N) is 2. The third-order valence-electron chi connectivity index (χ3n) is 4.87. The minimum Gasteiger partial charge on any atom is -0.496 e. The van der Waals surface area contributed by atoms with Gasteiger partial charge in [0.2, 0.25) is 11.8 Å². The lowest BCUT2D eigenvalue weighted by Crippen LogP contribution is -2.42. The van der Waals surface area contributed by atoms with Gasteiger partial charge in [-0.05, 0) is 18.2 Å². The maximum absolute atomic E-state index is 12.6. The van der Waals surface area contributed by atoms with Crippen molar-refractivity contribution in [3.63, 3.8) is 0 Å². The molecule has 1 saturated heterocycles. The number of nitrogens with one attached hydrogen (secondary N) is 1. The molecule has 0 radical (unpaired) electrons. The summed E-state index contributed by atoms with van der Waals surface area (Å²) in [5.74, 6) is 0.301. The van der Waals surface area contributed by atoms with Crippen molar-refractivity contribution >= 4 is 23.2 Å². The first-order valence-electron chi connectivity index (χ1n) is 9.68. The molecular formula is C22H27N3O4. The van der Waals surface area contributed by atoms with Gasteiger partial charge in [0.15, 0.2) is 0 Å². The fourth-order valence-corrected chi connectivity index (χ4v) is 3.37. The Balaban J connectivity index is 1.72. The van der Waals surface area contributed by atoms with Crippen molar-refractivity contribution in [2.45, 2.75) is 13.5 Å². The Hall–Kier alpha value is -3.06. The maximum Gasteiger partial charge on any atom is 0.240 e. The summed E-state index contributed by atoms with van der Waals surface area (Å²) in [6.07, 6.45) is 0. The molecule has 1 fully saturated rings. The number of para-hydroxylation sites is 3. The van der Waals surface area contributed by atoms with Crippen LogP contribution in [-0.2, 0) is 20.9 Å². The lowest BCUT2D eigenvalue weighted by Gasteiger charge is -2.33. The molecule has 3 rings (SSSR count). The number of morpholine rings is 1. The summed E-state index contributed by atoms with van der Waals surface area (Å²) in [6.45, 7) is 4.56. The summed E-state index contributed by atoms with van der Waals surface area (Å²) in [7, 11) is 1.60. The zero-order valence-corrected chi connectivity index (χ0v) is 16.9. The number of carbonyl (C=O) groups excluding carboxylic acids is 2. The van der Waals surface area contributed by atoms with Gasteiger partial charge >= 0.3 is 0 Å². The van der Waals surface area contributed by atoms with Gasteiger partial charge in [0.05, 0.1) is 31.7 Å². The minimum absolute atomic E-state index is 0.0498. The number of anilines is 2. The number of rotatable bonds is 7. The van der Waals surface area contributed by atoms with Gasteiger partial charge in [-0.3, -0.25) is 9.59 Å². The normalized spacial score (nSPS) is 13.7. The van der Waals surface area contributed by atoms with Gasteiger partial charge in [0.25, 0.3) is 0 Å². The van der Waals surface area contributed by atoms with Crippen LogP contribution in [0.25, 0.3) is 0 Å². The quantitative estimate of drug-likeness (QED) is 0.776. The first-order chi connectivity index (χ1) is 14.1. The molecule has 29 heavy (non-hydrogen) atoms. The highest BCUT2D eigenvalue weighted by atomic mass is 16.5. The van der Waals surface area contributed by atoms with Crippen LogP contribution in [0.4, 0.5) is 11.4 Å². The van der Waals surface area contributed by atoms with Crippen molar-refractivity contribution in [2.75, 3.05) is 49.8 Å². The standard InChI is InChI=1S/C22H27N3O4/c1-17(26)25(16-22(27)23-15-18-7-3-6-10-21(18)28-2)20-9-5-4-8-19(20)24-11-13-29-14-12-24/h3-10H,11-16H2,1-2H3,(H,23,27). The van der Waals surface area contributed by atoms with Crippen molar-refractivity contribution in [3.8, 4) is 5.75 Å². The van der Waals surface area contributed by atoms with Crippen LogP contribution in [0.3, 0.4) is 0 Å². The van der Waals surface area contributed by atoms with E-state index in [0.29, 0.717) is 25.5 Å². The van der Waals surface area contributed by atoms with Crippen molar-refractivity contribution in [3.05, 3.63) is 54.1 Å². The molecule has 0 unspecified atom stereocenters. The molecule has 1 N–H and O–H groups in total. The second kappa shape index (κ2) is 9.93. The van der Waals surface area contributed by atoms with E-state index in [1.807, 2.05) is 48.5 Å². The van der Waals surface area contributed by atoms with Gasteiger partial charge in [-0.15, -0.1) is 0 Å². The largest absolute Gasteiger partial charge is 0.496 e. The first-order valence-corrected chi connectivity index (χ1v) is 9.68. The van der Waals surface area contributed by atoms with E-state index in [2.05, 4.69) is 10.2 Å². The summed E-state index contributed by atoms with van der Waals surface area (Å²) >= 11 is 0. The third kappa shape index (κ3) is 5.26. The average Bonchev–Trinajstić information content (AvgIpc) is 2.76. The van der Waals surface area contributed by atoms with E-state index in [0.717, 1.165) is 30.0 Å². The van der Waals surface area contributed by atoms with Gasteiger partial charge in [0.1, 0.15) is 12.3 Å². The molecule has 2 amide bonds. The third-order valence-corrected chi connectivity index (χ3v) is 4.87. The second-order valence-electron chi connectivity index (χ2n) is 6.78. The molecule has 0 spiro atoms. The molecule has 0 aliphatic carbocycles. The van der Waals surface area contributed by atoms with Crippen LogP contribution < -0.4 is 19.9 Å². The predicted octanol–water partition coefficient (Wildman–Crippen LogP) is 2.20. The van der Waals surface area contributed by atoms with E-state index in [1.54, 1.807) is 7.11 Å². The number of benzene rings is 2. The van der Waals surface area contributed by atoms with E-state index in [4.69, 9.17) is 9.47 Å².